The lowest BCUT2D eigenvalue weighted by Gasteiger charge is -2.07. The minimum Gasteiger partial charge on any atom is -0.454 e. The zero-order valence-electron chi connectivity index (χ0n) is 13.5. The number of nitro groups is 1. The predicted molar refractivity (Wildman–Crippen MR) is 94.3 cm³/mol. The summed E-state index contributed by atoms with van der Waals surface area (Å²) in [7, 11) is 0. The Bertz CT molecular complexity index is 1090. The summed E-state index contributed by atoms with van der Waals surface area (Å²) in [6.45, 7) is 1.50. The Labute approximate surface area is 151 Å². The van der Waals surface area contributed by atoms with Crippen LogP contribution in [0.4, 0.5) is 5.69 Å². The normalized spacial score (nSPS) is 10.7. The second-order valence-corrected chi connectivity index (χ2v) is 5.89. The largest absolute Gasteiger partial charge is 0.454 e. The fourth-order valence-corrected chi connectivity index (χ4v) is 2.61. The van der Waals surface area contributed by atoms with E-state index in [1.54, 1.807) is 12.1 Å². The monoisotopic (exact) mass is 373 g/mol. The Hall–Kier alpha value is -3.26. The van der Waals surface area contributed by atoms with E-state index in [0.717, 1.165) is 11.6 Å². The van der Waals surface area contributed by atoms with Crippen LogP contribution in [0.25, 0.3) is 10.9 Å². The molecule has 0 radical (unpaired) electrons. The number of carbonyl (C=O) groups excluding carboxylic acids is 1. The molecule has 26 heavy (non-hydrogen) atoms. The highest BCUT2D eigenvalue weighted by molar-refractivity contribution is 6.33. The molecule has 3 aromatic rings. The van der Waals surface area contributed by atoms with Crippen molar-refractivity contribution in [3.8, 4) is 0 Å². The highest BCUT2D eigenvalue weighted by atomic mass is 35.5. The number of hydrogen-bond acceptors (Lipinski definition) is 6. The van der Waals surface area contributed by atoms with Crippen LogP contribution in [-0.4, -0.2) is 20.9 Å². The summed E-state index contributed by atoms with van der Waals surface area (Å²) in [4.78, 5) is 41.3. The molecule has 0 aliphatic rings. The number of nitro benzene ring substituents is 1. The first-order valence-electron chi connectivity index (χ1n) is 7.46. The maximum atomic E-state index is 12.2. The molecule has 1 N–H and O–H groups in total. The van der Waals surface area contributed by atoms with E-state index in [-0.39, 0.29) is 34.3 Å². The molecule has 8 nitrogen and oxygen atoms in total. The molecule has 0 bridgehead atoms. The van der Waals surface area contributed by atoms with Crippen LogP contribution < -0.4 is 5.56 Å². The Kier molecular flexibility index (Phi) is 4.68. The molecule has 0 amide bonds. The molecule has 9 heteroatoms. The van der Waals surface area contributed by atoms with Gasteiger partial charge in [-0.1, -0.05) is 23.7 Å². The lowest BCUT2D eigenvalue weighted by Crippen LogP contribution is -2.15. The number of nitrogens with one attached hydrogen (secondary N) is 1. The number of nitrogens with zero attached hydrogens (tertiary/aromatic N) is 2. The first kappa shape index (κ1) is 17.6. The number of non-ortho nitro benzene ring substituents is 1. The lowest BCUT2D eigenvalue weighted by molar-refractivity contribution is -0.384. The molecule has 0 saturated heterocycles. The van der Waals surface area contributed by atoms with E-state index in [1.165, 1.54) is 12.1 Å². The summed E-state index contributed by atoms with van der Waals surface area (Å²) < 4.78 is 5.09. The number of carbonyl (C=O) groups is 1. The second-order valence-electron chi connectivity index (χ2n) is 5.48. The summed E-state index contributed by atoms with van der Waals surface area (Å²) in [6, 6.07) is 8.67. The summed E-state index contributed by atoms with van der Waals surface area (Å²) in [5.74, 6) is -0.696. The smallest absolute Gasteiger partial charge is 0.340 e. The number of H-pyrrole nitrogens is 1. The molecule has 1 aromatic heterocycles. The molecule has 0 atom stereocenters. The Balaban J connectivity index is 1.85. The molecule has 0 aliphatic carbocycles. The number of para-hydroxylation sites is 1. The molecule has 0 aliphatic heterocycles. The van der Waals surface area contributed by atoms with Crippen molar-refractivity contribution in [3.63, 3.8) is 0 Å². The van der Waals surface area contributed by atoms with Gasteiger partial charge in [-0.15, -0.1) is 0 Å². The van der Waals surface area contributed by atoms with Crippen molar-refractivity contribution in [1.29, 1.82) is 0 Å². The molecule has 0 saturated carbocycles. The van der Waals surface area contributed by atoms with Gasteiger partial charge >= 0.3 is 5.97 Å². The number of rotatable bonds is 4. The topological polar surface area (TPSA) is 115 Å². The van der Waals surface area contributed by atoms with Crippen LogP contribution in [0.5, 0.6) is 0 Å². The second kappa shape index (κ2) is 6.93. The van der Waals surface area contributed by atoms with Gasteiger partial charge in [0.25, 0.3) is 11.2 Å². The number of aromatic amines is 1. The molecule has 132 valence electrons. The average Bonchev–Trinajstić information content (AvgIpc) is 2.61. The molecule has 0 unspecified atom stereocenters. The van der Waals surface area contributed by atoms with Crippen LogP contribution in [0.15, 0.2) is 41.2 Å². The standard InChI is InChI=1S/C17H12ClN3O5/c1-9-3-2-4-11-15(9)19-14(20-16(11)22)8-26-17(23)12-7-10(21(24)25)5-6-13(12)18/h2-7H,8H2,1H3,(H,19,20,22). The van der Waals surface area contributed by atoms with E-state index in [2.05, 4.69) is 9.97 Å². The Morgan fingerprint density at radius 1 is 1.35 bits per heavy atom. The number of aryl methyl sites for hydroxylation is 1. The summed E-state index contributed by atoms with van der Waals surface area (Å²) >= 11 is 5.90. The van der Waals surface area contributed by atoms with Gasteiger partial charge in [-0.2, -0.15) is 0 Å². The summed E-state index contributed by atoms with van der Waals surface area (Å²) in [5, 5.41) is 11.3. The maximum absolute atomic E-state index is 12.2. The number of fused-ring (bicyclic) bond motifs is 1. The van der Waals surface area contributed by atoms with E-state index in [4.69, 9.17) is 16.3 Å². The fraction of sp³-hybridized carbons (Fsp3) is 0.118. The van der Waals surface area contributed by atoms with Crippen LogP contribution in [0.1, 0.15) is 21.7 Å². The van der Waals surface area contributed by atoms with Gasteiger partial charge in [0.2, 0.25) is 0 Å². The van der Waals surface area contributed by atoms with Crippen LogP contribution >= 0.6 is 11.6 Å². The molecular formula is C17H12ClN3O5. The minimum absolute atomic E-state index is 0.0245. The Morgan fingerprint density at radius 2 is 2.12 bits per heavy atom. The number of aromatic nitrogens is 2. The third-order valence-corrected chi connectivity index (χ3v) is 4.04. The summed E-state index contributed by atoms with van der Waals surface area (Å²) in [5.41, 5.74) is 0.547. The van der Waals surface area contributed by atoms with Crippen molar-refractivity contribution in [2.75, 3.05) is 0 Å². The Morgan fingerprint density at radius 3 is 2.85 bits per heavy atom. The van der Waals surface area contributed by atoms with E-state index in [0.29, 0.717) is 10.9 Å². The quantitative estimate of drug-likeness (QED) is 0.426. The van der Waals surface area contributed by atoms with Crippen LogP contribution in [0, 0.1) is 17.0 Å². The molecule has 0 fully saturated rings. The highest BCUT2D eigenvalue weighted by Gasteiger charge is 2.18. The lowest BCUT2D eigenvalue weighted by atomic mass is 10.1. The third-order valence-electron chi connectivity index (χ3n) is 3.71. The number of esters is 1. The van der Waals surface area contributed by atoms with Crippen molar-refractivity contribution in [1.82, 2.24) is 9.97 Å². The minimum atomic E-state index is -0.855. The van der Waals surface area contributed by atoms with Crippen LogP contribution in [0.3, 0.4) is 0 Å². The first-order chi connectivity index (χ1) is 12.4. The van der Waals surface area contributed by atoms with Crippen molar-refractivity contribution < 1.29 is 14.5 Å². The van der Waals surface area contributed by atoms with Crippen LogP contribution in [-0.2, 0) is 11.3 Å². The van der Waals surface area contributed by atoms with E-state index in [9.17, 15) is 19.7 Å². The van der Waals surface area contributed by atoms with Gasteiger partial charge in [-0.05, 0) is 24.6 Å². The average molecular weight is 374 g/mol. The van der Waals surface area contributed by atoms with Gasteiger partial charge in [0.15, 0.2) is 0 Å². The first-order valence-corrected chi connectivity index (χ1v) is 7.84. The van der Waals surface area contributed by atoms with Gasteiger partial charge in [0, 0.05) is 12.1 Å². The third kappa shape index (κ3) is 3.40. The maximum Gasteiger partial charge on any atom is 0.340 e. The van der Waals surface area contributed by atoms with Crippen molar-refractivity contribution in [2.45, 2.75) is 13.5 Å². The zero-order chi connectivity index (χ0) is 18.8. The number of benzene rings is 2. The zero-order valence-corrected chi connectivity index (χ0v) is 14.2. The number of ether oxygens (including phenoxy) is 1. The van der Waals surface area contributed by atoms with Gasteiger partial charge in [-0.3, -0.25) is 14.9 Å². The number of halogens is 1. The molecule has 0 spiro atoms. The SMILES string of the molecule is Cc1cccc2c(=O)[nH]c(COC(=O)c3cc([N+](=O)[O-])ccc3Cl)nc12. The molecular weight excluding hydrogens is 362 g/mol. The van der Waals surface area contributed by atoms with Crippen molar-refractivity contribution in [3.05, 3.63) is 78.8 Å². The van der Waals surface area contributed by atoms with E-state index < -0.39 is 10.9 Å². The van der Waals surface area contributed by atoms with Crippen LogP contribution in [0.2, 0.25) is 5.02 Å². The van der Waals surface area contributed by atoms with Crippen molar-refractivity contribution >= 4 is 34.2 Å². The number of hydrogen-bond donors (Lipinski definition) is 1. The van der Waals surface area contributed by atoms with Gasteiger partial charge in [-0.25, -0.2) is 9.78 Å². The van der Waals surface area contributed by atoms with E-state index >= 15 is 0 Å². The van der Waals surface area contributed by atoms with E-state index in [1.807, 2.05) is 13.0 Å². The summed E-state index contributed by atoms with van der Waals surface area (Å²) in [6.07, 6.45) is 0. The molecule has 3 rings (SSSR count). The predicted octanol–water partition coefficient (Wildman–Crippen LogP) is 3.15. The van der Waals surface area contributed by atoms with Gasteiger partial charge in [0.05, 0.1) is 26.4 Å². The molecule has 2 aromatic carbocycles. The highest BCUT2D eigenvalue weighted by Crippen LogP contribution is 2.23. The fourth-order valence-electron chi connectivity index (χ4n) is 2.42. The van der Waals surface area contributed by atoms with Crippen molar-refractivity contribution in [2.24, 2.45) is 0 Å². The van der Waals surface area contributed by atoms with Gasteiger partial charge in [0.1, 0.15) is 12.4 Å². The molecule has 1 heterocycles. The van der Waals surface area contributed by atoms with Gasteiger partial charge < -0.3 is 9.72 Å².